The van der Waals surface area contributed by atoms with E-state index in [0.29, 0.717) is 5.92 Å². The number of aromatic nitrogens is 2. The van der Waals surface area contributed by atoms with E-state index >= 15 is 0 Å². The van der Waals surface area contributed by atoms with E-state index in [9.17, 15) is 0 Å². The Hall–Kier alpha value is -2.35. The summed E-state index contributed by atoms with van der Waals surface area (Å²) < 4.78 is 2.59. The van der Waals surface area contributed by atoms with Crippen LogP contribution in [-0.2, 0) is 18.4 Å². The highest BCUT2D eigenvalue weighted by atomic mass is 15.1. The number of hydrogen-bond donors (Lipinski definition) is 1. The fraction of sp³-hybridized carbons (Fsp3) is 0.688. The van der Waals surface area contributed by atoms with E-state index in [2.05, 4.69) is 103 Å². The minimum Gasteiger partial charge on any atom is -0.247 e. The van der Waals surface area contributed by atoms with E-state index < -0.39 is 0 Å². The maximum absolute atomic E-state index is 3.82. The Morgan fingerprint density at radius 2 is 0.940 bits per heavy atom. The van der Waals surface area contributed by atoms with Crippen LogP contribution in [-0.4, -0.2) is 4.98 Å². The lowest BCUT2D eigenvalue weighted by Crippen LogP contribution is -2.43. The molecule has 0 saturated heterocycles. The number of rotatable bonds is 32. The predicted molar refractivity (Wildman–Crippen MR) is 219 cm³/mol. The highest BCUT2D eigenvalue weighted by Gasteiger charge is 2.41. The molecule has 3 rings (SSSR count). The van der Waals surface area contributed by atoms with Gasteiger partial charge in [-0.1, -0.05) is 229 Å². The Morgan fingerprint density at radius 1 is 0.520 bits per heavy atom. The summed E-state index contributed by atoms with van der Waals surface area (Å²) in [5, 5.41) is 0. The molecular formula is C48H79N2+. The second-order valence-electron chi connectivity index (χ2n) is 16.0. The Kier molecular flexibility index (Phi) is 23.0. The Bertz CT molecular complexity index is 1170. The maximum Gasteiger partial charge on any atom is 0.258 e. The van der Waals surface area contributed by atoms with Crippen LogP contribution >= 0.6 is 0 Å². The average molecular weight is 684 g/mol. The predicted octanol–water partition coefficient (Wildman–Crippen LogP) is 14.8. The van der Waals surface area contributed by atoms with Crippen LogP contribution < -0.4 is 4.57 Å². The molecule has 2 aromatic carbocycles. The minimum absolute atomic E-state index is 0.00397. The molecule has 0 bridgehead atoms. The Balaban J connectivity index is 1.51. The number of H-pyrrole nitrogens is 1. The number of nitrogens with zero attached hydrogens (tertiary/aromatic N) is 1. The number of aryl methyl sites for hydroxylation is 1. The number of hydrogen-bond acceptors (Lipinski definition) is 0. The van der Waals surface area contributed by atoms with Gasteiger partial charge in [-0.3, -0.25) is 0 Å². The zero-order valence-corrected chi connectivity index (χ0v) is 33.3. The molecule has 1 N–H and O–H groups in total. The van der Waals surface area contributed by atoms with Crippen molar-refractivity contribution in [2.24, 2.45) is 0 Å². The fourth-order valence-corrected chi connectivity index (χ4v) is 8.38. The summed E-state index contributed by atoms with van der Waals surface area (Å²) >= 11 is 0. The first-order chi connectivity index (χ1) is 24.7. The van der Waals surface area contributed by atoms with Gasteiger partial charge >= 0.3 is 0 Å². The van der Waals surface area contributed by atoms with Gasteiger partial charge in [-0.05, 0) is 36.8 Å². The molecule has 1 heterocycles. The molecule has 2 atom stereocenters. The molecule has 0 fully saturated rings. The van der Waals surface area contributed by atoms with Gasteiger partial charge in [0.25, 0.3) is 5.82 Å². The van der Waals surface area contributed by atoms with Gasteiger partial charge < -0.3 is 0 Å². The average Bonchev–Trinajstić information content (AvgIpc) is 3.60. The third kappa shape index (κ3) is 16.8. The summed E-state index contributed by atoms with van der Waals surface area (Å²) in [5.41, 5.74) is 2.91. The van der Waals surface area contributed by atoms with Gasteiger partial charge in [0.1, 0.15) is 12.4 Å². The van der Waals surface area contributed by atoms with Gasteiger partial charge in [-0.2, -0.15) is 0 Å². The molecule has 1 aromatic heterocycles. The lowest BCUT2D eigenvalue weighted by atomic mass is 9.66. The summed E-state index contributed by atoms with van der Waals surface area (Å²) in [6.45, 7) is 8.30. The highest BCUT2D eigenvalue weighted by molar-refractivity contribution is 5.32. The largest absolute Gasteiger partial charge is 0.258 e. The first kappa shape index (κ1) is 42.1. The molecule has 2 unspecified atom stereocenters. The zero-order valence-electron chi connectivity index (χ0n) is 33.3. The Labute approximate surface area is 310 Å². The van der Waals surface area contributed by atoms with Crippen molar-refractivity contribution >= 4 is 0 Å². The molecule has 0 spiro atoms. The second-order valence-corrected chi connectivity index (χ2v) is 16.0. The highest BCUT2D eigenvalue weighted by Crippen LogP contribution is 2.43. The van der Waals surface area contributed by atoms with Gasteiger partial charge in [-0.25, -0.2) is 9.55 Å². The molecule has 280 valence electrons. The van der Waals surface area contributed by atoms with Crippen LogP contribution in [0, 0.1) is 0 Å². The molecule has 3 aromatic rings. The van der Waals surface area contributed by atoms with Crippen LogP contribution in [0.4, 0.5) is 0 Å². The number of imidazole rings is 1. The summed E-state index contributed by atoms with van der Waals surface area (Å²) in [6.07, 6.45) is 41.9. The minimum atomic E-state index is 0.00397. The number of unbranched alkanes of at least 4 members (excludes halogenated alkanes) is 23. The Morgan fingerprint density at radius 3 is 1.42 bits per heavy atom. The van der Waals surface area contributed by atoms with Gasteiger partial charge in [0.2, 0.25) is 0 Å². The van der Waals surface area contributed by atoms with Crippen molar-refractivity contribution in [1.29, 1.82) is 0 Å². The quantitative estimate of drug-likeness (QED) is 0.0499. The monoisotopic (exact) mass is 684 g/mol. The van der Waals surface area contributed by atoms with Crippen LogP contribution in [0.25, 0.3) is 0 Å². The van der Waals surface area contributed by atoms with Crippen molar-refractivity contribution in [3.8, 4) is 0 Å². The third-order valence-electron chi connectivity index (χ3n) is 11.6. The van der Waals surface area contributed by atoms with Gasteiger partial charge in [0.05, 0.1) is 12.5 Å². The first-order valence-electron chi connectivity index (χ1n) is 21.8. The van der Waals surface area contributed by atoms with Gasteiger partial charge in [-0.15, -0.1) is 0 Å². The molecular weight excluding hydrogens is 605 g/mol. The van der Waals surface area contributed by atoms with E-state index in [1.807, 2.05) is 0 Å². The van der Waals surface area contributed by atoms with Crippen molar-refractivity contribution in [2.75, 3.05) is 0 Å². The molecule has 50 heavy (non-hydrogen) atoms. The van der Waals surface area contributed by atoms with E-state index in [4.69, 9.17) is 0 Å². The SMILES string of the molecule is CCCCCCCCCCCCCCCCCC[n+]1cc[nH]c1C(CCCCCCCCCCC)C(C)(Cc1ccccc1)c1ccccc1. The lowest BCUT2D eigenvalue weighted by molar-refractivity contribution is -0.705. The van der Waals surface area contributed by atoms with Gasteiger partial charge in [0.15, 0.2) is 0 Å². The summed E-state index contributed by atoms with van der Waals surface area (Å²) in [7, 11) is 0. The second kappa shape index (κ2) is 27.3. The van der Waals surface area contributed by atoms with Crippen molar-refractivity contribution in [2.45, 2.75) is 212 Å². The van der Waals surface area contributed by atoms with E-state index in [-0.39, 0.29) is 5.41 Å². The van der Waals surface area contributed by atoms with Crippen molar-refractivity contribution < 1.29 is 4.57 Å². The molecule has 0 aliphatic rings. The van der Waals surface area contributed by atoms with E-state index in [1.165, 1.54) is 184 Å². The summed E-state index contributed by atoms with van der Waals surface area (Å²) in [4.78, 5) is 3.82. The molecule has 0 amide bonds. The molecule has 0 radical (unpaired) electrons. The van der Waals surface area contributed by atoms with Gasteiger partial charge in [0, 0.05) is 5.41 Å². The molecule has 2 heteroatoms. The van der Waals surface area contributed by atoms with Crippen LogP contribution in [0.1, 0.15) is 211 Å². The standard InChI is InChI=1S/C48H78N2/c1-4-6-8-10-12-14-15-16-17-18-19-20-22-24-26-34-41-50-42-40-49-47(50)46(39-33-25-23-21-13-11-9-7-5-2)48(3,45-37-31-28-32-38-45)43-44-35-29-27-30-36-44/h27-32,35-38,40,42,46H,4-26,33-34,39,41,43H2,1-3H3/p+1. The van der Waals surface area contributed by atoms with Crippen LogP contribution in [0.3, 0.4) is 0 Å². The lowest BCUT2D eigenvalue weighted by Gasteiger charge is -2.37. The van der Waals surface area contributed by atoms with Crippen LogP contribution in [0.2, 0.25) is 0 Å². The molecule has 0 saturated carbocycles. The topological polar surface area (TPSA) is 19.7 Å². The van der Waals surface area contributed by atoms with Crippen molar-refractivity contribution in [3.05, 3.63) is 90.0 Å². The summed E-state index contributed by atoms with van der Waals surface area (Å²) in [6, 6.07) is 22.7. The van der Waals surface area contributed by atoms with Crippen molar-refractivity contribution in [1.82, 2.24) is 4.98 Å². The zero-order chi connectivity index (χ0) is 35.4. The third-order valence-corrected chi connectivity index (χ3v) is 11.6. The number of benzene rings is 2. The number of aromatic amines is 1. The van der Waals surface area contributed by atoms with Crippen LogP contribution in [0.15, 0.2) is 73.1 Å². The molecule has 0 aliphatic heterocycles. The molecule has 2 nitrogen and oxygen atoms in total. The fourth-order valence-electron chi connectivity index (χ4n) is 8.38. The summed E-state index contributed by atoms with van der Waals surface area (Å²) in [5.74, 6) is 1.87. The van der Waals surface area contributed by atoms with Crippen molar-refractivity contribution in [3.63, 3.8) is 0 Å². The van der Waals surface area contributed by atoms with Crippen LogP contribution in [0.5, 0.6) is 0 Å². The van der Waals surface area contributed by atoms with E-state index in [1.54, 1.807) is 0 Å². The first-order valence-corrected chi connectivity index (χ1v) is 21.8. The normalized spacial score (nSPS) is 13.4. The van der Waals surface area contributed by atoms with E-state index in [0.717, 1.165) is 13.0 Å². The maximum atomic E-state index is 3.82. The molecule has 0 aliphatic carbocycles. The smallest absolute Gasteiger partial charge is 0.247 e. The number of nitrogens with one attached hydrogen (secondary N) is 1.